The molecular weight excluding hydrogens is 196 g/mol. The lowest BCUT2D eigenvalue weighted by Crippen LogP contribution is -2.35. The maximum atomic E-state index is 3.49. The lowest BCUT2D eigenvalue weighted by molar-refractivity contribution is 0.424. The van der Waals surface area contributed by atoms with E-state index in [1.165, 1.54) is 11.3 Å². The Labute approximate surface area is 99.7 Å². The standard InChI is InChI=1S/C14H24N2/c1-6-16(5)13-9-7-12(8-10-13)11-15-14(2,3)4/h7-10,15H,6,11H2,1-5H3. The van der Waals surface area contributed by atoms with Crippen LogP contribution in [0.1, 0.15) is 33.3 Å². The fraction of sp³-hybridized carbons (Fsp3) is 0.571. The van der Waals surface area contributed by atoms with Gasteiger partial charge in [0.2, 0.25) is 0 Å². The highest BCUT2D eigenvalue weighted by Crippen LogP contribution is 2.13. The molecule has 0 aromatic heterocycles. The largest absolute Gasteiger partial charge is 0.375 e. The molecule has 0 heterocycles. The number of benzene rings is 1. The van der Waals surface area contributed by atoms with Crippen molar-refractivity contribution < 1.29 is 0 Å². The summed E-state index contributed by atoms with van der Waals surface area (Å²) in [6, 6.07) is 8.76. The van der Waals surface area contributed by atoms with Crippen molar-refractivity contribution in [3.05, 3.63) is 29.8 Å². The van der Waals surface area contributed by atoms with Crippen molar-refractivity contribution in [3.8, 4) is 0 Å². The Morgan fingerprint density at radius 1 is 1.12 bits per heavy atom. The molecule has 0 radical (unpaired) electrons. The second-order valence-corrected chi connectivity index (χ2v) is 5.28. The van der Waals surface area contributed by atoms with Crippen LogP contribution in [0.25, 0.3) is 0 Å². The highest BCUT2D eigenvalue weighted by Gasteiger charge is 2.08. The van der Waals surface area contributed by atoms with Gasteiger partial charge in [0.25, 0.3) is 0 Å². The molecule has 0 aliphatic carbocycles. The van der Waals surface area contributed by atoms with Crippen molar-refractivity contribution in [2.24, 2.45) is 0 Å². The number of hydrogen-bond donors (Lipinski definition) is 1. The molecule has 0 amide bonds. The van der Waals surface area contributed by atoms with E-state index in [-0.39, 0.29) is 5.54 Å². The molecule has 1 rings (SSSR count). The molecule has 16 heavy (non-hydrogen) atoms. The number of hydrogen-bond acceptors (Lipinski definition) is 2. The van der Waals surface area contributed by atoms with Crippen molar-refractivity contribution in [1.29, 1.82) is 0 Å². The van der Waals surface area contributed by atoms with Crippen LogP contribution in [0, 0.1) is 0 Å². The summed E-state index contributed by atoms with van der Waals surface area (Å²) in [7, 11) is 2.11. The Morgan fingerprint density at radius 2 is 1.69 bits per heavy atom. The van der Waals surface area contributed by atoms with Gasteiger partial charge in [-0.05, 0) is 45.4 Å². The summed E-state index contributed by atoms with van der Waals surface area (Å²) in [4.78, 5) is 2.24. The summed E-state index contributed by atoms with van der Waals surface area (Å²) in [5.41, 5.74) is 2.80. The van der Waals surface area contributed by atoms with Crippen LogP contribution in [-0.4, -0.2) is 19.1 Å². The molecule has 0 saturated heterocycles. The Bertz CT molecular complexity index is 309. The third-order valence-electron chi connectivity index (χ3n) is 2.67. The third kappa shape index (κ3) is 4.23. The normalized spacial score (nSPS) is 11.6. The Hall–Kier alpha value is -1.02. The molecule has 2 heteroatoms. The van der Waals surface area contributed by atoms with E-state index in [2.05, 4.69) is 69.2 Å². The van der Waals surface area contributed by atoms with Crippen molar-refractivity contribution in [3.63, 3.8) is 0 Å². The topological polar surface area (TPSA) is 15.3 Å². The Morgan fingerprint density at radius 3 is 2.12 bits per heavy atom. The van der Waals surface area contributed by atoms with Gasteiger partial charge < -0.3 is 10.2 Å². The van der Waals surface area contributed by atoms with E-state index < -0.39 is 0 Å². The minimum atomic E-state index is 0.179. The highest BCUT2D eigenvalue weighted by molar-refractivity contribution is 5.46. The molecule has 2 nitrogen and oxygen atoms in total. The predicted octanol–water partition coefficient (Wildman–Crippen LogP) is 3.03. The maximum Gasteiger partial charge on any atom is 0.0363 e. The number of rotatable bonds is 4. The van der Waals surface area contributed by atoms with Crippen molar-refractivity contribution in [1.82, 2.24) is 5.32 Å². The minimum Gasteiger partial charge on any atom is -0.375 e. The smallest absolute Gasteiger partial charge is 0.0363 e. The quantitative estimate of drug-likeness (QED) is 0.839. The van der Waals surface area contributed by atoms with E-state index in [4.69, 9.17) is 0 Å². The van der Waals surface area contributed by atoms with E-state index in [1.807, 2.05) is 0 Å². The zero-order chi connectivity index (χ0) is 12.2. The van der Waals surface area contributed by atoms with E-state index in [0.717, 1.165) is 13.1 Å². The summed E-state index contributed by atoms with van der Waals surface area (Å²) >= 11 is 0. The second-order valence-electron chi connectivity index (χ2n) is 5.28. The second kappa shape index (κ2) is 5.35. The van der Waals surface area contributed by atoms with Gasteiger partial charge in [-0.1, -0.05) is 12.1 Å². The van der Waals surface area contributed by atoms with Crippen LogP contribution in [-0.2, 0) is 6.54 Å². The highest BCUT2D eigenvalue weighted by atomic mass is 15.1. The molecule has 1 aromatic rings. The molecule has 0 unspecified atom stereocenters. The zero-order valence-electron chi connectivity index (χ0n) is 11.2. The first-order chi connectivity index (χ1) is 7.42. The van der Waals surface area contributed by atoms with E-state index in [0.29, 0.717) is 0 Å². The minimum absolute atomic E-state index is 0.179. The van der Waals surface area contributed by atoms with Gasteiger partial charge in [0.15, 0.2) is 0 Å². The molecule has 0 bridgehead atoms. The van der Waals surface area contributed by atoms with Crippen LogP contribution < -0.4 is 10.2 Å². The van der Waals surface area contributed by atoms with Gasteiger partial charge >= 0.3 is 0 Å². The van der Waals surface area contributed by atoms with Crippen LogP contribution in [0.2, 0.25) is 0 Å². The van der Waals surface area contributed by atoms with E-state index in [9.17, 15) is 0 Å². The summed E-state index contributed by atoms with van der Waals surface area (Å²) < 4.78 is 0. The van der Waals surface area contributed by atoms with Gasteiger partial charge in [-0.25, -0.2) is 0 Å². The van der Waals surface area contributed by atoms with Crippen LogP contribution in [0.4, 0.5) is 5.69 Å². The first kappa shape index (κ1) is 13.0. The van der Waals surface area contributed by atoms with Gasteiger partial charge in [-0.15, -0.1) is 0 Å². The first-order valence-electron chi connectivity index (χ1n) is 5.97. The molecule has 0 aliphatic heterocycles. The SMILES string of the molecule is CCN(C)c1ccc(CNC(C)(C)C)cc1. The van der Waals surface area contributed by atoms with Crippen molar-refractivity contribution in [2.45, 2.75) is 39.8 Å². The number of nitrogens with one attached hydrogen (secondary N) is 1. The average molecular weight is 220 g/mol. The van der Waals surface area contributed by atoms with Crippen molar-refractivity contribution >= 4 is 5.69 Å². The molecule has 90 valence electrons. The molecule has 0 saturated carbocycles. The van der Waals surface area contributed by atoms with Crippen LogP contribution in [0.5, 0.6) is 0 Å². The summed E-state index contributed by atoms with van der Waals surface area (Å²) in [5.74, 6) is 0. The van der Waals surface area contributed by atoms with Gasteiger partial charge in [-0.3, -0.25) is 0 Å². The zero-order valence-corrected chi connectivity index (χ0v) is 11.2. The van der Waals surface area contributed by atoms with Crippen LogP contribution >= 0.6 is 0 Å². The Balaban J connectivity index is 2.58. The fourth-order valence-corrected chi connectivity index (χ4v) is 1.42. The monoisotopic (exact) mass is 220 g/mol. The molecule has 0 fully saturated rings. The van der Waals surface area contributed by atoms with Crippen LogP contribution in [0.3, 0.4) is 0 Å². The van der Waals surface area contributed by atoms with Gasteiger partial charge in [0.1, 0.15) is 0 Å². The molecule has 0 spiro atoms. The van der Waals surface area contributed by atoms with E-state index >= 15 is 0 Å². The average Bonchev–Trinajstić information content (AvgIpc) is 2.25. The lowest BCUT2D eigenvalue weighted by Gasteiger charge is -2.21. The van der Waals surface area contributed by atoms with Crippen molar-refractivity contribution in [2.75, 3.05) is 18.5 Å². The van der Waals surface area contributed by atoms with Gasteiger partial charge in [-0.2, -0.15) is 0 Å². The summed E-state index contributed by atoms with van der Waals surface area (Å²) in [6.45, 7) is 10.7. The number of anilines is 1. The van der Waals surface area contributed by atoms with Gasteiger partial charge in [0.05, 0.1) is 0 Å². The Kier molecular flexibility index (Phi) is 4.36. The number of nitrogens with zero attached hydrogens (tertiary/aromatic N) is 1. The fourth-order valence-electron chi connectivity index (χ4n) is 1.42. The summed E-state index contributed by atoms with van der Waals surface area (Å²) in [5, 5.41) is 3.49. The first-order valence-corrected chi connectivity index (χ1v) is 5.97. The molecular formula is C14H24N2. The lowest BCUT2D eigenvalue weighted by atomic mass is 10.1. The molecule has 1 aromatic carbocycles. The molecule has 0 aliphatic rings. The predicted molar refractivity (Wildman–Crippen MR) is 72.0 cm³/mol. The summed E-state index contributed by atoms with van der Waals surface area (Å²) in [6.07, 6.45) is 0. The third-order valence-corrected chi connectivity index (χ3v) is 2.67. The molecule has 1 N–H and O–H groups in total. The molecule has 0 atom stereocenters. The van der Waals surface area contributed by atoms with Crippen LogP contribution in [0.15, 0.2) is 24.3 Å². The van der Waals surface area contributed by atoms with E-state index in [1.54, 1.807) is 0 Å². The van der Waals surface area contributed by atoms with Gasteiger partial charge in [0, 0.05) is 31.4 Å². The maximum absolute atomic E-state index is 3.49.